The highest BCUT2D eigenvalue weighted by Gasteiger charge is 2.15. The third-order valence-corrected chi connectivity index (χ3v) is 3.86. The van der Waals surface area contributed by atoms with Crippen LogP contribution in [0.4, 0.5) is 0 Å². The SMILES string of the molecule is O=C(/C=C/c1ccccc1)Oc1ccccc1C(=O)OCCOc1ccccc1. The summed E-state index contributed by atoms with van der Waals surface area (Å²) in [5.41, 5.74) is 1.05. The van der Waals surface area contributed by atoms with E-state index < -0.39 is 11.9 Å². The Bertz CT molecular complexity index is 965. The Balaban J connectivity index is 1.54. The van der Waals surface area contributed by atoms with Gasteiger partial charge in [-0.2, -0.15) is 0 Å². The van der Waals surface area contributed by atoms with Gasteiger partial charge < -0.3 is 14.2 Å². The number of esters is 2. The highest BCUT2D eigenvalue weighted by molar-refractivity contribution is 5.95. The van der Waals surface area contributed by atoms with Crippen LogP contribution in [0.1, 0.15) is 15.9 Å². The van der Waals surface area contributed by atoms with E-state index in [2.05, 4.69) is 0 Å². The van der Waals surface area contributed by atoms with Crippen molar-refractivity contribution >= 4 is 18.0 Å². The van der Waals surface area contributed by atoms with Crippen LogP contribution >= 0.6 is 0 Å². The number of para-hydroxylation sites is 2. The lowest BCUT2D eigenvalue weighted by molar-refractivity contribution is -0.128. The van der Waals surface area contributed by atoms with E-state index in [-0.39, 0.29) is 24.5 Å². The van der Waals surface area contributed by atoms with Gasteiger partial charge in [-0.1, -0.05) is 60.7 Å². The summed E-state index contributed by atoms with van der Waals surface area (Å²) in [6, 6.07) is 25.1. The molecule has 3 aromatic carbocycles. The number of ether oxygens (including phenoxy) is 3. The maximum Gasteiger partial charge on any atom is 0.342 e. The topological polar surface area (TPSA) is 61.8 Å². The largest absolute Gasteiger partial charge is 0.490 e. The maximum absolute atomic E-state index is 12.4. The molecule has 0 fully saturated rings. The highest BCUT2D eigenvalue weighted by Crippen LogP contribution is 2.19. The molecule has 0 radical (unpaired) electrons. The molecule has 5 heteroatoms. The molecule has 0 N–H and O–H groups in total. The zero-order valence-corrected chi connectivity index (χ0v) is 15.7. The van der Waals surface area contributed by atoms with Gasteiger partial charge in [-0.3, -0.25) is 0 Å². The molecule has 0 saturated heterocycles. The molecule has 0 atom stereocenters. The molecule has 29 heavy (non-hydrogen) atoms. The van der Waals surface area contributed by atoms with Crippen molar-refractivity contribution < 1.29 is 23.8 Å². The number of carbonyl (C=O) groups is 2. The molecule has 0 aliphatic heterocycles. The average molecular weight is 388 g/mol. The molecule has 0 unspecified atom stereocenters. The van der Waals surface area contributed by atoms with Gasteiger partial charge in [0.15, 0.2) is 0 Å². The van der Waals surface area contributed by atoms with Crippen molar-refractivity contribution in [2.75, 3.05) is 13.2 Å². The summed E-state index contributed by atoms with van der Waals surface area (Å²) in [6.07, 6.45) is 2.95. The van der Waals surface area contributed by atoms with Gasteiger partial charge >= 0.3 is 11.9 Å². The van der Waals surface area contributed by atoms with Crippen molar-refractivity contribution in [3.63, 3.8) is 0 Å². The zero-order valence-electron chi connectivity index (χ0n) is 15.7. The van der Waals surface area contributed by atoms with Crippen LogP contribution in [0.15, 0.2) is 91.0 Å². The minimum absolute atomic E-state index is 0.0733. The molecule has 3 rings (SSSR count). The Morgan fingerprint density at radius 3 is 2.17 bits per heavy atom. The monoisotopic (exact) mass is 388 g/mol. The molecule has 3 aromatic rings. The number of benzene rings is 3. The third kappa shape index (κ3) is 6.36. The maximum atomic E-state index is 12.4. The van der Waals surface area contributed by atoms with Crippen molar-refractivity contribution in [3.05, 3.63) is 102 Å². The number of rotatable bonds is 8. The van der Waals surface area contributed by atoms with E-state index in [0.717, 1.165) is 5.56 Å². The van der Waals surface area contributed by atoms with E-state index in [4.69, 9.17) is 14.2 Å². The molecule has 0 heterocycles. The minimum Gasteiger partial charge on any atom is -0.490 e. The number of hydrogen-bond acceptors (Lipinski definition) is 5. The number of carbonyl (C=O) groups excluding carboxylic acids is 2. The first kappa shape index (κ1) is 19.9. The lowest BCUT2D eigenvalue weighted by Crippen LogP contribution is -2.14. The lowest BCUT2D eigenvalue weighted by Gasteiger charge is -2.10. The average Bonchev–Trinajstić information content (AvgIpc) is 2.77. The van der Waals surface area contributed by atoms with Crippen molar-refractivity contribution in [2.45, 2.75) is 0 Å². The Hall–Kier alpha value is -3.86. The van der Waals surface area contributed by atoms with Crippen molar-refractivity contribution in [3.8, 4) is 11.5 Å². The molecule has 0 amide bonds. The van der Waals surface area contributed by atoms with Crippen LogP contribution in [0.3, 0.4) is 0 Å². The van der Waals surface area contributed by atoms with Gasteiger partial charge in [0, 0.05) is 6.08 Å². The molecule has 0 aromatic heterocycles. The number of hydrogen-bond donors (Lipinski definition) is 0. The van der Waals surface area contributed by atoms with Crippen molar-refractivity contribution in [1.82, 2.24) is 0 Å². The molecule has 0 bridgehead atoms. The van der Waals surface area contributed by atoms with Crippen LogP contribution in [-0.2, 0) is 9.53 Å². The Labute approximate surface area is 169 Å². The van der Waals surface area contributed by atoms with Crippen LogP contribution in [-0.4, -0.2) is 25.2 Å². The van der Waals surface area contributed by atoms with Crippen LogP contribution in [0.25, 0.3) is 6.08 Å². The fourth-order valence-electron chi connectivity index (χ4n) is 2.48. The van der Waals surface area contributed by atoms with E-state index in [9.17, 15) is 9.59 Å². The van der Waals surface area contributed by atoms with Crippen molar-refractivity contribution in [1.29, 1.82) is 0 Å². The normalized spacial score (nSPS) is 10.5. The first-order valence-corrected chi connectivity index (χ1v) is 9.11. The summed E-state index contributed by atoms with van der Waals surface area (Å²) >= 11 is 0. The predicted octanol–water partition coefficient (Wildman–Crippen LogP) is 4.54. The van der Waals surface area contributed by atoms with Crippen LogP contribution in [0, 0.1) is 0 Å². The molecular weight excluding hydrogens is 368 g/mol. The third-order valence-electron chi connectivity index (χ3n) is 3.86. The Morgan fingerprint density at radius 1 is 0.759 bits per heavy atom. The molecule has 5 nitrogen and oxygen atoms in total. The quantitative estimate of drug-likeness (QED) is 0.245. The molecule has 146 valence electrons. The highest BCUT2D eigenvalue weighted by atomic mass is 16.6. The van der Waals surface area contributed by atoms with Gasteiger partial charge in [-0.15, -0.1) is 0 Å². The van der Waals surface area contributed by atoms with E-state index in [0.29, 0.717) is 5.75 Å². The summed E-state index contributed by atoms with van der Waals surface area (Å²) in [7, 11) is 0. The van der Waals surface area contributed by atoms with Gasteiger partial charge in [-0.05, 0) is 35.9 Å². The second-order valence-electron chi connectivity index (χ2n) is 5.96. The van der Waals surface area contributed by atoms with Crippen molar-refractivity contribution in [2.24, 2.45) is 0 Å². The molecule has 0 aliphatic rings. The predicted molar refractivity (Wildman–Crippen MR) is 110 cm³/mol. The summed E-state index contributed by atoms with van der Waals surface area (Å²) in [5.74, 6) is -0.328. The second kappa shape index (κ2) is 10.5. The summed E-state index contributed by atoms with van der Waals surface area (Å²) in [6.45, 7) is 0.293. The summed E-state index contributed by atoms with van der Waals surface area (Å²) < 4.78 is 16.0. The smallest absolute Gasteiger partial charge is 0.342 e. The first-order chi connectivity index (χ1) is 14.2. The van der Waals surface area contributed by atoms with Crippen LogP contribution in [0.2, 0.25) is 0 Å². The van der Waals surface area contributed by atoms with Crippen LogP contribution in [0.5, 0.6) is 11.5 Å². The molecular formula is C24H20O5. The Kier molecular flexibility index (Phi) is 7.18. The van der Waals surface area contributed by atoms with Gasteiger partial charge in [0.05, 0.1) is 0 Å². The van der Waals surface area contributed by atoms with Gasteiger partial charge in [0.25, 0.3) is 0 Å². The standard InChI is InChI=1S/C24H20O5/c25-23(16-15-19-9-3-1-4-10-19)29-22-14-8-7-13-21(22)24(26)28-18-17-27-20-11-5-2-6-12-20/h1-16H,17-18H2/b16-15+. The lowest BCUT2D eigenvalue weighted by atomic mass is 10.2. The molecule has 0 saturated carbocycles. The van der Waals surface area contributed by atoms with E-state index in [1.165, 1.54) is 6.08 Å². The zero-order chi connectivity index (χ0) is 20.3. The fourth-order valence-corrected chi connectivity index (χ4v) is 2.48. The molecule has 0 aliphatic carbocycles. The van der Waals surface area contributed by atoms with E-state index in [1.54, 1.807) is 30.3 Å². The second-order valence-corrected chi connectivity index (χ2v) is 5.96. The van der Waals surface area contributed by atoms with Gasteiger partial charge in [0.1, 0.15) is 30.3 Å². The van der Waals surface area contributed by atoms with Gasteiger partial charge in [-0.25, -0.2) is 9.59 Å². The molecule has 0 spiro atoms. The van der Waals surface area contributed by atoms with E-state index >= 15 is 0 Å². The van der Waals surface area contributed by atoms with E-state index in [1.807, 2.05) is 60.7 Å². The first-order valence-electron chi connectivity index (χ1n) is 9.11. The summed E-state index contributed by atoms with van der Waals surface area (Å²) in [4.78, 5) is 24.4. The Morgan fingerprint density at radius 2 is 1.41 bits per heavy atom. The van der Waals surface area contributed by atoms with Gasteiger partial charge in [0.2, 0.25) is 0 Å². The summed E-state index contributed by atoms with van der Waals surface area (Å²) in [5, 5.41) is 0. The van der Waals surface area contributed by atoms with Crippen LogP contribution < -0.4 is 9.47 Å². The fraction of sp³-hybridized carbons (Fsp3) is 0.0833. The minimum atomic E-state index is -0.586.